The van der Waals surface area contributed by atoms with Crippen molar-refractivity contribution < 1.29 is 4.79 Å². The number of hydrogen-bond acceptors (Lipinski definition) is 3. The molecule has 0 aromatic heterocycles. The number of carbonyl (C=O) groups is 1. The molecule has 2 aliphatic rings. The third-order valence-corrected chi connectivity index (χ3v) is 4.31. The average Bonchev–Trinajstić information content (AvgIpc) is 2.89. The van der Waals surface area contributed by atoms with E-state index in [1.54, 1.807) is 0 Å². The van der Waals surface area contributed by atoms with Crippen LogP contribution in [0.4, 0.5) is 0 Å². The second-order valence-corrected chi connectivity index (χ2v) is 5.78. The number of amides is 1. The van der Waals surface area contributed by atoms with E-state index in [0.717, 1.165) is 26.1 Å². The van der Waals surface area contributed by atoms with Crippen LogP contribution in [0.5, 0.6) is 0 Å². The van der Waals surface area contributed by atoms with E-state index in [9.17, 15) is 4.79 Å². The lowest BCUT2D eigenvalue weighted by molar-refractivity contribution is -0.133. The lowest BCUT2D eigenvalue weighted by Gasteiger charge is -2.32. The van der Waals surface area contributed by atoms with Crippen LogP contribution >= 0.6 is 0 Å². The van der Waals surface area contributed by atoms with Crippen molar-refractivity contribution in [1.29, 1.82) is 0 Å². The van der Waals surface area contributed by atoms with Crippen molar-refractivity contribution in [2.45, 2.75) is 38.6 Å². The van der Waals surface area contributed by atoms with E-state index in [4.69, 9.17) is 0 Å². The number of piperidine rings is 1. The Labute approximate surface area is 111 Å². The molecule has 0 bridgehead atoms. The zero-order valence-electron chi connectivity index (χ0n) is 11.8. The maximum absolute atomic E-state index is 12.2. The SMILES string of the molecule is CNCC(C)C(=O)N1CCC(N2CCCCC2)C1. The Kier molecular flexibility index (Phi) is 5.01. The van der Waals surface area contributed by atoms with Crippen LogP contribution in [0.3, 0.4) is 0 Å². The molecule has 4 nitrogen and oxygen atoms in total. The molecule has 2 aliphatic heterocycles. The van der Waals surface area contributed by atoms with E-state index >= 15 is 0 Å². The molecule has 0 spiro atoms. The quantitative estimate of drug-likeness (QED) is 0.809. The molecule has 18 heavy (non-hydrogen) atoms. The molecule has 0 aromatic rings. The summed E-state index contributed by atoms with van der Waals surface area (Å²) < 4.78 is 0. The van der Waals surface area contributed by atoms with Gasteiger partial charge in [0, 0.05) is 31.6 Å². The second kappa shape index (κ2) is 6.53. The Morgan fingerprint density at radius 3 is 2.67 bits per heavy atom. The number of hydrogen-bond donors (Lipinski definition) is 1. The molecule has 2 unspecified atom stereocenters. The zero-order chi connectivity index (χ0) is 13.0. The van der Waals surface area contributed by atoms with E-state index in [1.807, 2.05) is 14.0 Å². The summed E-state index contributed by atoms with van der Waals surface area (Å²) in [5.41, 5.74) is 0. The second-order valence-electron chi connectivity index (χ2n) is 5.78. The Morgan fingerprint density at radius 2 is 2.00 bits per heavy atom. The number of rotatable bonds is 4. The highest BCUT2D eigenvalue weighted by molar-refractivity contribution is 5.79. The Bertz CT molecular complexity index is 276. The Balaban J connectivity index is 1.81. The van der Waals surface area contributed by atoms with Crippen LogP contribution in [0, 0.1) is 5.92 Å². The van der Waals surface area contributed by atoms with Gasteiger partial charge in [0.2, 0.25) is 5.91 Å². The number of nitrogens with one attached hydrogen (secondary N) is 1. The fraction of sp³-hybridized carbons (Fsp3) is 0.929. The van der Waals surface area contributed by atoms with Gasteiger partial charge in [0.05, 0.1) is 0 Å². The van der Waals surface area contributed by atoms with Gasteiger partial charge < -0.3 is 10.2 Å². The first kappa shape index (κ1) is 13.8. The predicted octanol–water partition coefficient (Wildman–Crippen LogP) is 0.929. The molecule has 0 aromatic carbocycles. The van der Waals surface area contributed by atoms with E-state index < -0.39 is 0 Å². The van der Waals surface area contributed by atoms with E-state index in [2.05, 4.69) is 15.1 Å². The van der Waals surface area contributed by atoms with Crippen LogP contribution in [0.1, 0.15) is 32.6 Å². The molecule has 2 rings (SSSR count). The van der Waals surface area contributed by atoms with Gasteiger partial charge in [-0.1, -0.05) is 13.3 Å². The summed E-state index contributed by atoms with van der Waals surface area (Å²) in [5.74, 6) is 0.430. The summed E-state index contributed by atoms with van der Waals surface area (Å²) in [5, 5.41) is 3.09. The summed E-state index contributed by atoms with van der Waals surface area (Å²) in [6.07, 6.45) is 5.21. The van der Waals surface area contributed by atoms with Gasteiger partial charge >= 0.3 is 0 Å². The molecule has 2 atom stereocenters. The van der Waals surface area contributed by atoms with Crippen LogP contribution in [-0.4, -0.2) is 61.5 Å². The third-order valence-electron chi connectivity index (χ3n) is 4.31. The predicted molar refractivity (Wildman–Crippen MR) is 73.5 cm³/mol. The normalized spacial score (nSPS) is 27.4. The molecule has 0 saturated carbocycles. The molecule has 0 radical (unpaired) electrons. The molecular weight excluding hydrogens is 226 g/mol. The molecule has 0 aliphatic carbocycles. The average molecular weight is 253 g/mol. The molecule has 104 valence electrons. The standard InChI is InChI=1S/C14H27N3O/c1-12(10-15-2)14(18)17-9-6-13(11-17)16-7-4-3-5-8-16/h12-13,15H,3-11H2,1-2H3. The highest BCUT2D eigenvalue weighted by Gasteiger charge is 2.32. The van der Waals surface area contributed by atoms with Crippen LogP contribution in [-0.2, 0) is 4.79 Å². The van der Waals surface area contributed by atoms with Crippen LogP contribution < -0.4 is 5.32 Å². The monoisotopic (exact) mass is 253 g/mol. The van der Waals surface area contributed by atoms with Crippen LogP contribution in [0.25, 0.3) is 0 Å². The lowest BCUT2D eigenvalue weighted by atomic mass is 10.1. The summed E-state index contributed by atoms with van der Waals surface area (Å²) in [4.78, 5) is 16.9. The minimum absolute atomic E-state index is 0.107. The van der Waals surface area contributed by atoms with Gasteiger partial charge in [-0.3, -0.25) is 9.69 Å². The molecular formula is C14H27N3O. The first-order chi connectivity index (χ1) is 8.72. The maximum atomic E-state index is 12.2. The third kappa shape index (κ3) is 3.23. The van der Waals surface area contributed by atoms with Crippen molar-refractivity contribution in [1.82, 2.24) is 15.1 Å². The summed E-state index contributed by atoms with van der Waals surface area (Å²) in [6, 6.07) is 0.621. The number of likely N-dealkylation sites (tertiary alicyclic amines) is 2. The molecule has 2 fully saturated rings. The minimum Gasteiger partial charge on any atom is -0.341 e. The number of nitrogens with zero attached hydrogens (tertiary/aromatic N) is 2. The van der Waals surface area contributed by atoms with E-state index in [1.165, 1.54) is 32.4 Å². The van der Waals surface area contributed by atoms with Crippen molar-refractivity contribution in [2.24, 2.45) is 5.92 Å². The highest BCUT2D eigenvalue weighted by atomic mass is 16.2. The van der Waals surface area contributed by atoms with Gasteiger partial charge in [-0.15, -0.1) is 0 Å². The van der Waals surface area contributed by atoms with Gasteiger partial charge in [-0.2, -0.15) is 0 Å². The first-order valence-electron chi connectivity index (χ1n) is 7.40. The van der Waals surface area contributed by atoms with Crippen LogP contribution in [0.15, 0.2) is 0 Å². The summed E-state index contributed by atoms with van der Waals surface area (Å²) in [7, 11) is 1.91. The van der Waals surface area contributed by atoms with Gasteiger partial charge in [0.25, 0.3) is 0 Å². The van der Waals surface area contributed by atoms with Crippen molar-refractivity contribution in [2.75, 3.05) is 39.8 Å². The molecule has 4 heteroatoms. The van der Waals surface area contributed by atoms with Crippen molar-refractivity contribution in [3.05, 3.63) is 0 Å². The first-order valence-corrected chi connectivity index (χ1v) is 7.40. The fourth-order valence-electron chi connectivity index (χ4n) is 3.23. The fourth-order valence-corrected chi connectivity index (χ4v) is 3.23. The largest absolute Gasteiger partial charge is 0.341 e. The van der Waals surface area contributed by atoms with Gasteiger partial charge in [-0.25, -0.2) is 0 Å². The molecule has 2 heterocycles. The topological polar surface area (TPSA) is 35.6 Å². The number of carbonyl (C=O) groups excluding carboxylic acids is 1. The van der Waals surface area contributed by atoms with Crippen molar-refractivity contribution in [3.63, 3.8) is 0 Å². The summed E-state index contributed by atoms with van der Waals surface area (Å²) in [6.45, 7) is 7.18. The van der Waals surface area contributed by atoms with Gasteiger partial charge in [0.15, 0.2) is 0 Å². The van der Waals surface area contributed by atoms with Crippen molar-refractivity contribution in [3.8, 4) is 0 Å². The highest BCUT2D eigenvalue weighted by Crippen LogP contribution is 2.21. The Hall–Kier alpha value is -0.610. The smallest absolute Gasteiger partial charge is 0.226 e. The molecule has 1 amide bonds. The lowest BCUT2D eigenvalue weighted by Crippen LogP contribution is -2.43. The van der Waals surface area contributed by atoms with E-state index in [0.29, 0.717) is 11.9 Å². The van der Waals surface area contributed by atoms with Gasteiger partial charge in [0.1, 0.15) is 0 Å². The van der Waals surface area contributed by atoms with Crippen LogP contribution in [0.2, 0.25) is 0 Å². The Morgan fingerprint density at radius 1 is 1.28 bits per heavy atom. The molecule has 1 N–H and O–H groups in total. The molecule has 2 saturated heterocycles. The van der Waals surface area contributed by atoms with Crippen molar-refractivity contribution >= 4 is 5.91 Å². The minimum atomic E-state index is 0.107. The maximum Gasteiger partial charge on any atom is 0.226 e. The zero-order valence-corrected chi connectivity index (χ0v) is 11.8. The van der Waals surface area contributed by atoms with Gasteiger partial charge in [-0.05, 0) is 39.4 Å². The summed E-state index contributed by atoms with van der Waals surface area (Å²) >= 11 is 0. The van der Waals surface area contributed by atoms with E-state index in [-0.39, 0.29) is 5.92 Å².